The summed E-state index contributed by atoms with van der Waals surface area (Å²) in [4.78, 5) is 0. The number of alkyl halides is 3. The van der Waals surface area contributed by atoms with Gasteiger partial charge in [-0.25, -0.2) is 0 Å². The van der Waals surface area contributed by atoms with Crippen molar-refractivity contribution in [2.45, 2.75) is 44.4 Å². The summed E-state index contributed by atoms with van der Waals surface area (Å²) in [6.07, 6.45) is -1.55. The van der Waals surface area contributed by atoms with Crippen molar-refractivity contribution >= 4 is 0 Å². The third-order valence-corrected chi connectivity index (χ3v) is 2.22. The lowest BCUT2D eigenvalue weighted by molar-refractivity contribution is -0.203. The van der Waals surface area contributed by atoms with Crippen LogP contribution in [0.15, 0.2) is 11.6 Å². The van der Waals surface area contributed by atoms with E-state index >= 15 is 0 Å². The Hall–Kier alpha value is -0.510. The van der Waals surface area contributed by atoms with E-state index in [-0.39, 0.29) is 6.42 Å². The molecule has 76 valence electrons. The van der Waals surface area contributed by atoms with Crippen molar-refractivity contribution in [2.75, 3.05) is 0 Å². The monoisotopic (exact) mass is 194 g/mol. The minimum absolute atomic E-state index is 0.247. The van der Waals surface area contributed by atoms with Gasteiger partial charge in [-0.2, -0.15) is 13.2 Å². The predicted molar refractivity (Wildman–Crippen MR) is 43.2 cm³/mol. The zero-order valence-electron chi connectivity index (χ0n) is 7.27. The topological polar surface area (TPSA) is 20.2 Å². The fourth-order valence-electron chi connectivity index (χ4n) is 1.45. The highest BCUT2D eigenvalue weighted by Crippen LogP contribution is 2.28. The summed E-state index contributed by atoms with van der Waals surface area (Å²) in [6.45, 7) is 0. The molecule has 0 aromatic heterocycles. The third-order valence-electron chi connectivity index (χ3n) is 2.22. The first-order chi connectivity index (χ1) is 6.00. The molecule has 0 radical (unpaired) electrons. The molecule has 13 heavy (non-hydrogen) atoms. The molecule has 0 fully saturated rings. The molecule has 1 atom stereocenters. The van der Waals surface area contributed by atoms with Crippen LogP contribution < -0.4 is 0 Å². The lowest BCUT2D eigenvalue weighted by atomic mass is 9.95. The maximum atomic E-state index is 11.9. The van der Waals surface area contributed by atoms with E-state index in [4.69, 9.17) is 5.11 Å². The summed E-state index contributed by atoms with van der Waals surface area (Å²) in [5.74, 6) is 0. The normalized spacial score (nSPS) is 21.1. The second-order valence-corrected chi connectivity index (χ2v) is 3.37. The number of hydrogen-bond donors (Lipinski definition) is 1. The van der Waals surface area contributed by atoms with Gasteiger partial charge in [0.1, 0.15) is 0 Å². The molecule has 0 amide bonds. The first kappa shape index (κ1) is 10.6. The van der Waals surface area contributed by atoms with Gasteiger partial charge in [-0.3, -0.25) is 0 Å². The van der Waals surface area contributed by atoms with Crippen LogP contribution in [0.2, 0.25) is 0 Å². The van der Waals surface area contributed by atoms with E-state index in [1.165, 1.54) is 0 Å². The third kappa shape index (κ3) is 3.38. The molecule has 0 saturated heterocycles. The minimum atomic E-state index is -4.47. The Morgan fingerprint density at radius 1 is 1.38 bits per heavy atom. The van der Waals surface area contributed by atoms with Gasteiger partial charge < -0.3 is 5.11 Å². The van der Waals surface area contributed by atoms with Crippen LogP contribution in [0.1, 0.15) is 32.1 Å². The van der Waals surface area contributed by atoms with E-state index in [9.17, 15) is 13.2 Å². The van der Waals surface area contributed by atoms with Crippen LogP contribution in [0.25, 0.3) is 0 Å². The fourth-order valence-corrected chi connectivity index (χ4v) is 1.45. The highest BCUT2D eigenvalue weighted by molar-refractivity contribution is 5.06. The zero-order chi connectivity index (χ0) is 9.90. The maximum absolute atomic E-state index is 11.9. The van der Waals surface area contributed by atoms with Gasteiger partial charge in [0.25, 0.3) is 0 Å². The molecule has 0 aliphatic heterocycles. The molecule has 1 rings (SSSR count). The van der Waals surface area contributed by atoms with Gasteiger partial charge in [0, 0.05) is 6.42 Å². The smallest absolute Gasteiger partial charge is 0.383 e. The first-order valence-electron chi connectivity index (χ1n) is 4.43. The highest BCUT2D eigenvalue weighted by Gasteiger charge is 2.38. The lowest BCUT2D eigenvalue weighted by Crippen LogP contribution is -2.28. The van der Waals surface area contributed by atoms with E-state index in [2.05, 4.69) is 0 Å². The van der Waals surface area contributed by atoms with Crippen LogP contribution in [-0.4, -0.2) is 17.4 Å². The quantitative estimate of drug-likeness (QED) is 0.670. The summed E-state index contributed by atoms with van der Waals surface area (Å²) < 4.78 is 35.8. The van der Waals surface area contributed by atoms with Gasteiger partial charge >= 0.3 is 6.18 Å². The average molecular weight is 194 g/mol. The predicted octanol–water partition coefficient (Wildman–Crippen LogP) is 2.80. The van der Waals surface area contributed by atoms with Crippen molar-refractivity contribution in [3.05, 3.63) is 11.6 Å². The summed E-state index contributed by atoms with van der Waals surface area (Å²) in [7, 11) is 0. The van der Waals surface area contributed by atoms with E-state index in [0.29, 0.717) is 6.42 Å². The van der Waals surface area contributed by atoms with Crippen LogP contribution in [0.3, 0.4) is 0 Å². The van der Waals surface area contributed by atoms with Crippen molar-refractivity contribution in [1.82, 2.24) is 0 Å². The molecule has 0 heterocycles. The Kier molecular flexibility index (Phi) is 3.36. The van der Waals surface area contributed by atoms with Gasteiger partial charge in [0.15, 0.2) is 6.10 Å². The molecule has 0 aromatic rings. The van der Waals surface area contributed by atoms with Crippen molar-refractivity contribution < 1.29 is 18.3 Å². The Morgan fingerprint density at radius 3 is 2.54 bits per heavy atom. The van der Waals surface area contributed by atoms with Gasteiger partial charge in [0.05, 0.1) is 0 Å². The van der Waals surface area contributed by atoms with Crippen molar-refractivity contribution in [3.8, 4) is 0 Å². The number of aliphatic hydroxyl groups is 1. The molecular formula is C9H13F3O. The first-order valence-corrected chi connectivity index (χ1v) is 4.43. The Morgan fingerprint density at radius 2 is 2.08 bits per heavy atom. The second kappa shape index (κ2) is 4.13. The Labute approximate surface area is 75.3 Å². The van der Waals surface area contributed by atoms with Crippen molar-refractivity contribution in [1.29, 1.82) is 0 Å². The molecule has 0 aromatic carbocycles. The Balaban J connectivity index is 2.43. The molecule has 1 aliphatic rings. The lowest BCUT2D eigenvalue weighted by Gasteiger charge is -2.18. The van der Waals surface area contributed by atoms with Gasteiger partial charge in [0.2, 0.25) is 0 Å². The standard InChI is InChI=1S/C9H13F3O/c10-9(11,12)8(13)6-7-4-2-1-3-5-7/h4,8,13H,1-3,5-6H2. The maximum Gasteiger partial charge on any atom is 0.414 e. The summed E-state index contributed by atoms with van der Waals surface area (Å²) in [6, 6.07) is 0. The van der Waals surface area contributed by atoms with Crippen LogP contribution in [0.4, 0.5) is 13.2 Å². The molecule has 0 spiro atoms. The molecular weight excluding hydrogens is 181 g/mol. The average Bonchev–Trinajstić information content (AvgIpc) is 2.04. The van der Waals surface area contributed by atoms with Gasteiger partial charge in [-0.1, -0.05) is 11.6 Å². The summed E-state index contributed by atoms with van der Waals surface area (Å²) >= 11 is 0. The number of halogens is 3. The Bertz CT molecular complexity index is 196. The van der Waals surface area contributed by atoms with E-state index in [1.54, 1.807) is 0 Å². The molecule has 0 bridgehead atoms. The van der Waals surface area contributed by atoms with Crippen LogP contribution in [0, 0.1) is 0 Å². The SMILES string of the molecule is OC(CC1=CCCCC1)C(F)(F)F. The van der Waals surface area contributed by atoms with E-state index in [1.807, 2.05) is 6.08 Å². The fraction of sp³-hybridized carbons (Fsp3) is 0.778. The van der Waals surface area contributed by atoms with E-state index in [0.717, 1.165) is 24.8 Å². The van der Waals surface area contributed by atoms with Crippen molar-refractivity contribution in [3.63, 3.8) is 0 Å². The minimum Gasteiger partial charge on any atom is -0.383 e. The van der Waals surface area contributed by atoms with Crippen molar-refractivity contribution in [2.24, 2.45) is 0 Å². The molecule has 1 N–H and O–H groups in total. The number of hydrogen-bond acceptors (Lipinski definition) is 1. The number of allylic oxidation sites excluding steroid dienone is 1. The van der Waals surface area contributed by atoms with E-state index < -0.39 is 12.3 Å². The second-order valence-electron chi connectivity index (χ2n) is 3.37. The zero-order valence-corrected chi connectivity index (χ0v) is 7.27. The van der Waals surface area contributed by atoms with Gasteiger partial charge in [-0.15, -0.1) is 0 Å². The molecule has 1 nitrogen and oxygen atoms in total. The molecule has 0 saturated carbocycles. The largest absolute Gasteiger partial charge is 0.414 e. The number of rotatable bonds is 2. The summed E-state index contributed by atoms with van der Waals surface area (Å²) in [5.41, 5.74) is 0.746. The highest BCUT2D eigenvalue weighted by atomic mass is 19.4. The van der Waals surface area contributed by atoms with Crippen LogP contribution in [-0.2, 0) is 0 Å². The number of aliphatic hydroxyl groups excluding tert-OH is 1. The summed E-state index contributed by atoms with van der Waals surface area (Å²) in [5, 5.41) is 8.77. The molecule has 1 unspecified atom stereocenters. The van der Waals surface area contributed by atoms with Gasteiger partial charge in [-0.05, 0) is 25.7 Å². The van der Waals surface area contributed by atoms with Crippen LogP contribution in [0.5, 0.6) is 0 Å². The molecule has 4 heteroatoms. The van der Waals surface area contributed by atoms with Crippen LogP contribution >= 0.6 is 0 Å². The molecule has 1 aliphatic carbocycles.